The Morgan fingerprint density at radius 2 is 1.67 bits per heavy atom. The van der Waals surface area contributed by atoms with Crippen LogP contribution in [0.3, 0.4) is 0 Å². The van der Waals surface area contributed by atoms with Crippen LogP contribution >= 0.6 is 56.4 Å². The molecule has 0 fully saturated rings. The third kappa shape index (κ3) is 9.34. The molecule has 0 aromatic rings. The molecule has 0 bridgehead atoms. The summed E-state index contributed by atoms with van der Waals surface area (Å²) in [5.74, 6) is 0. The van der Waals surface area contributed by atoms with Crippen LogP contribution in [-0.2, 0) is 0 Å². The molecule has 0 spiro atoms. The summed E-state index contributed by atoms with van der Waals surface area (Å²) >= 11 is 6.56. The van der Waals surface area contributed by atoms with E-state index in [1.807, 2.05) is 11.6 Å². The molecule has 0 amide bonds. The van der Waals surface area contributed by atoms with E-state index in [1.54, 1.807) is 0 Å². The fourth-order valence-electron chi connectivity index (χ4n) is 0. The summed E-state index contributed by atoms with van der Waals surface area (Å²) in [6.07, 6.45) is 2.10. The molecule has 0 saturated carbocycles. The number of halogens is 2. The molecule has 0 unspecified atom stereocenters. The van der Waals surface area contributed by atoms with Gasteiger partial charge < -0.3 is 0 Å². The Morgan fingerprint density at radius 1 is 1.50 bits per heavy atom. The predicted molar refractivity (Wildman–Crippen MR) is 57.2 cm³/mol. The first-order chi connectivity index (χ1) is 2.27. The van der Waals surface area contributed by atoms with Crippen LogP contribution in [-0.4, -0.2) is 16.4 Å². The van der Waals surface area contributed by atoms with Crippen molar-refractivity contribution in [2.75, 3.05) is 6.26 Å². The topological polar surface area (TPSA) is 0 Å². The number of hydrogen-bond acceptors (Lipinski definition) is 1. The fraction of sp³-hybridized carbons (Fsp3) is 1.00. The zero-order chi connectivity index (χ0) is 4.28. The molecule has 0 N–H and O–H groups in total. The maximum Gasteiger partial charge on any atom is 0.350 e. The summed E-state index contributed by atoms with van der Waals surface area (Å²) < 4.78 is 0.741. The highest BCUT2D eigenvalue weighted by molar-refractivity contribution is 14.3. The van der Waals surface area contributed by atoms with E-state index < -0.39 is 0 Å². The van der Waals surface area contributed by atoms with E-state index in [9.17, 15) is 0 Å². The summed E-state index contributed by atoms with van der Waals surface area (Å²) in [5, 5.41) is 0. The molecule has 36 valence electrons. The lowest BCUT2D eigenvalue weighted by Crippen LogP contribution is -1.73. The molecule has 0 atom stereocenters. The van der Waals surface area contributed by atoms with Gasteiger partial charge in [0.2, 0.25) is 0 Å². The highest BCUT2D eigenvalue weighted by Gasteiger charge is 1.94. The largest absolute Gasteiger partial charge is 0.350 e. The molecule has 0 aliphatic heterocycles. The maximum absolute atomic E-state index is 2.36. The summed E-state index contributed by atoms with van der Waals surface area (Å²) in [5.41, 5.74) is 0. The number of hydrogen-bond donors (Lipinski definition) is 0. The van der Waals surface area contributed by atoms with Crippen molar-refractivity contribution in [2.45, 2.75) is 0 Å². The van der Waals surface area contributed by atoms with Crippen molar-refractivity contribution < 1.29 is 0 Å². The van der Waals surface area contributed by atoms with Gasteiger partial charge in [-0.05, 0) is 6.26 Å². The Kier molecular flexibility index (Phi) is 12.5. The van der Waals surface area contributed by atoms with Crippen LogP contribution in [0.25, 0.3) is 0 Å². The van der Waals surface area contributed by atoms with Crippen LogP contribution in [0.5, 0.6) is 0 Å². The normalized spacial score (nSPS) is 6.50. The predicted octanol–water partition coefficient (Wildman–Crippen LogP) is 1.02. The van der Waals surface area contributed by atoms with Crippen molar-refractivity contribution in [1.29, 1.82) is 0 Å². The Labute approximate surface area is 71.9 Å². The lowest BCUT2D eigenvalue weighted by molar-refractivity contribution is 2.54. The van der Waals surface area contributed by atoms with Crippen molar-refractivity contribution in [2.24, 2.45) is 0 Å². The first kappa shape index (κ1) is 10.8. The van der Waals surface area contributed by atoms with E-state index in [0.717, 1.165) is 1.70 Å². The zero-order valence-electron chi connectivity index (χ0n) is 2.74. The number of rotatable bonds is 1. The van der Waals surface area contributed by atoms with Gasteiger partial charge >= 0.3 is 1.70 Å². The highest BCUT2D eigenvalue weighted by Crippen LogP contribution is 2.15. The molecule has 0 aliphatic carbocycles. The minimum Gasteiger partial charge on any atom is -0.188 e. The Morgan fingerprint density at radius 3 is 1.67 bits per heavy atom. The minimum absolute atomic E-state index is 0. The van der Waals surface area contributed by atoms with Crippen molar-refractivity contribution >= 4 is 66.5 Å². The smallest absolute Gasteiger partial charge is 0.188 e. The van der Waals surface area contributed by atoms with E-state index in [-0.39, 0.29) is 8.41 Å². The molecule has 0 aromatic heterocycles. The van der Waals surface area contributed by atoms with Gasteiger partial charge in [-0.3, -0.25) is 0 Å². The van der Waals surface area contributed by atoms with E-state index in [1.165, 1.54) is 0 Å². The first-order valence-corrected chi connectivity index (χ1v) is 4.86. The second kappa shape index (κ2) is 6.94. The third-order valence-corrected chi connectivity index (χ3v) is 3.59. The average molecular weight is 326 g/mol. The first-order valence-electron chi connectivity index (χ1n) is 1.08. The lowest BCUT2D eigenvalue weighted by atomic mass is 10.7. The summed E-state index contributed by atoms with van der Waals surface area (Å²) in [6.45, 7) is 0. The Hall–Kier alpha value is 1.94. The maximum atomic E-state index is 2.36. The molecule has 0 aliphatic rings. The van der Waals surface area contributed by atoms with E-state index in [2.05, 4.69) is 51.0 Å². The minimum atomic E-state index is 0. The van der Waals surface area contributed by atoms with Crippen molar-refractivity contribution in [3.8, 4) is 0 Å². The van der Waals surface area contributed by atoms with Crippen molar-refractivity contribution in [3.63, 3.8) is 0 Å². The van der Waals surface area contributed by atoms with E-state index in [0.29, 0.717) is 0 Å². The summed E-state index contributed by atoms with van der Waals surface area (Å²) in [6, 6.07) is 0. The zero-order valence-corrected chi connectivity index (χ0v) is 7.87. The van der Waals surface area contributed by atoms with E-state index >= 15 is 0 Å². The van der Waals surface area contributed by atoms with Gasteiger partial charge in [0.05, 0.1) is 8.41 Å². The van der Waals surface area contributed by atoms with Crippen LogP contribution in [0, 0.1) is 0 Å². The fourth-order valence-corrected chi connectivity index (χ4v) is 0. The van der Waals surface area contributed by atoms with Gasteiger partial charge in [-0.15, -0.1) is 44.7 Å². The second-order valence-electron chi connectivity index (χ2n) is 0.496. The molecule has 6 heavy (non-hydrogen) atoms. The molecule has 5 heteroatoms. The van der Waals surface area contributed by atoms with Gasteiger partial charge in [0.15, 0.2) is 0 Å². The quantitative estimate of drug-likeness (QED) is 0.512. The van der Waals surface area contributed by atoms with Crippen LogP contribution in [0.4, 0.5) is 0 Å². The molecular formula is CH6B2I2S. The van der Waals surface area contributed by atoms with Crippen LogP contribution in [0.1, 0.15) is 0 Å². The molecule has 0 heterocycles. The Bertz CT molecular complexity index is 25.5. The molecule has 0 rings (SSSR count). The SMILES string of the molecule is B.CSB(I)I. The third-order valence-electron chi connectivity index (χ3n) is 0.178. The second-order valence-corrected chi connectivity index (χ2v) is 8.00. The van der Waals surface area contributed by atoms with Gasteiger partial charge in [-0.25, -0.2) is 0 Å². The molecule has 0 saturated heterocycles. The lowest BCUT2D eigenvalue weighted by Gasteiger charge is -1.80. The van der Waals surface area contributed by atoms with Gasteiger partial charge in [-0.1, -0.05) is 0 Å². The van der Waals surface area contributed by atoms with Crippen molar-refractivity contribution in [1.82, 2.24) is 0 Å². The van der Waals surface area contributed by atoms with Crippen LogP contribution in [0.2, 0.25) is 0 Å². The van der Waals surface area contributed by atoms with Crippen molar-refractivity contribution in [3.05, 3.63) is 0 Å². The molecule has 0 aromatic carbocycles. The van der Waals surface area contributed by atoms with Gasteiger partial charge in [0, 0.05) is 0 Å². The standard InChI is InChI=1S/CH3BI2S.BH3/c1-5-2(3)4;/h1H3;1H3. The summed E-state index contributed by atoms with van der Waals surface area (Å²) in [7, 11) is 0. The molecule has 0 nitrogen and oxygen atoms in total. The summed E-state index contributed by atoms with van der Waals surface area (Å²) in [4.78, 5) is 0. The molecule has 0 radical (unpaired) electrons. The van der Waals surface area contributed by atoms with E-state index in [4.69, 9.17) is 0 Å². The van der Waals surface area contributed by atoms with Crippen LogP contribution in [0.15, 0.2) is 0 Å². The Balaban J connectivity index is 0. The van der Waals surface area contributed by atoms with Gasteiger partial charge in [0.25, 0.3) is 0 Å². The average Bonchev–Trinajstić information content (AvgIpc) is 1.38. The highest BCUT2D eigenvalue weighted by atomic mass is 127. The molecular weight excluding hydrogens is 320 g/mol. The van der Waals surface area contributed by atoms with Gasteiger partial charge in [0.1, 0.15) is 0 Å². The monoisotopic (exact) mass is 326 g/mol. The van der Waals surface area contributed by atoms with Crippen LogP contribution < -0.4 is 0 Å². The van der Waals surface area contributed by atoms with Gasteiger partial charge in [-0.2, -0.15) is 11.6 Å².